The van der Waals surface area contributed by atoms with Crippen molar-refractivity contribution in [2.75, 3.05) is 11.6 Å². The average Bonchev–Trinajstić information content (AvgIpc) is 2.71. The predicted octanol–water partition coefficient (Wildman–Crippen LogP) is 3.35. The maximum Gasteiger partial charge on any atom is 0.573 e. The normalized spacial score (nSPS) is 16.9. The average molecular weight is 457 g/mol. The van der Waals surface area contributed by atoms with E-state index in [4.69, 9.17) is 11.6 Å². The van der Waals surface area contributed by atoms with Gasteiger partial charge in [0.05, 0.1) is 29.2 Å². The number of aromatic nitrogens is 1. The van der Waals surface area contributed by atoms with Crippen LogP contribution in [0.4, 0.5) is 27.8 Å². The monoisotopic (exact) mass is 457 g/mol. The Morgan fingerprint density at radius 3 is 2.62 bits per heavy atom. The summed E-state index contributed by atoms with van der Waals surface area (Å²) in [4.78, 5) is 18.0. The second kappa shape index (κ2) is 8.61. The van der Waals surface area contributed by atoms with E-state index < -0.39 is 41.3 Å². The lowest BCUT2D eigenvalue weighted by Crippen LogP contribution is -2.49. The molecular formula is C20H20F5N5O2. The van der Waals surface area contributed by atoms with E-state index in [2.05, 4.69) is 9.72 Å². The number of nitrogens with two attached hydrogens (primary N) is 2. The number of hydrogen-bond donors (Lipinski definition) is 2. The van der Waals surface area contributed by atoms with Gasteiger partial charge in [0.1, 0.15) is 11.6 Å². The van der Waals surface area contributed by atoms with Crippen molar-refractivity contribution >= 4 is 11.7 Å². The van der Waals surface area contributed by atoms with Crippen molar-refractivity contribution in [1.82, 2.24) is 9.88 Å². The molecule has 1 amide bonds. The lowest BCUT2D eigenvalue weighted by molar-refractivity contribution is -0.275. The third kappa shape index (κ3) is 4.59. The van der Waals surface area contributed by atoms with Crippen LogP contribution >= 0.6 is 0 Å². The highest BCUT2D eigenvalue weighted by Gasteiger charge is 2.35. The molecule has 1 aliphatic rings. The van der Waals surface area contributed by atoms with Gasteiger partial charge >= 0.3 is 6.36 Å². The van der Waals surface area contributed by atoms with Crippen LogP contribution < -0.4 is 21.3 Å². The molecule has 0 fully saturated rings. The van der Waals surface area contributed by atoms with Crippen molar-refractivity contribution in [3.05, 3.63) is 64.6 Å². The molecule has 1 aromatic heterocycles. The molecule has 2 heterocycles. The summed E-state index contributed by atoms with van der Waals surface area (Å²) < 4.78 is 69.1. The van der Waals surface area contributed by atoms with Gasteiger partial charge in [-0.15, -0.1) is 13.2 Å². The number of hydrogen-bond acceptors (Lipinski definition) is 6. The first-order chi connectivity index (χ1) is 14.9. The first kappa shape index (κ1) is 23.3. The van der Waals surface area contributed by atoms with Gasteiger partial charge in [0.2, 0.25) is 0 Å². The van der Waals surface area contributed by atoms with Gasteiger partial charge in [-0.3, -0.25) is 9.80 Å². The molecule has 0 radical (unpaired) electrons. The summed E-state index contributed by atoms with van der Waals surface area (Å²) in [5.74, 6) is 2.44. The van der Waals surface area contributed by atoms with E-state index in [-0.39, 0.29) is 24.5 Å². The van der Waals surface area contributed by atoms with Gasteiger partial charge in [-0.25, -0.2) is 19.6 Å². The van der Waals surface area contributed by atoms with E-state index in [9.17, 15) is 26.7 Å². The summed E-state index contributed by atoms with van der Waals surface area (Å²) >= 11 is 0. The Hall–Kier alpha value is -3.41. The van der Waals surface area contributed by atoms with E-state index in [1.165, 1.54) is 16.0 Å². The van der Waals surface area contributed by atoms with Crippen LogP contribution in [0.1, 0.15) is 29.3 Å². The van der Waals surface area contributed by atoms with Crippen LogP contribution in [-0.2, 0) is 0 Å². The van der Waals surface area contributed by atoms with Crippen LogP contribution in [0.15, 0.2) is 41.9 Å². The molecule has 1 unspecified atom stereocenters. The summed E-state index contributed by atoms with van der Waals surface area (Å²) in [6, 6.07) is 3.59. The van der Waals surface area contributed by atoms with Crippen molar-refractivity contribution in [2.45, 2.75) is 32.7 Å². The molecule has 12 heteroatoms. The summed E-state index contributed by atoms with van der Waals surface area (Å²) in [7, 11) is 0. The standard InChI is InChI=1S/C20H20F5N5O2/c1-10-8-16(28-9-13(10)21)30(27)14-6-7-29(11(2)18(14)26)19(31)12-4-3-5-15(17(12)22)32-20(23,24)25/h3-5,8-9,11H,6-7,26-27H2,1-2H3. The van der Waals surface area contributed by atoms with Crippen LogP contribution in [-0.4, -0.2) is 34.7 Å². The molecular weight excluding hydrogens is 437 g/mol. The van der Waals surface area contributed by atoms with E-state index in [0.29, 0.717) is 11.3 Å². The number of benzene rings is 1. The molecule has 0 saturated carbocycles. The van der Waals surface area contributed by atoms with Crippen LogP contribution in [0.3, 0.4) is 0 Å². The smallest absolute Gasteiger partial charge is 0.403 e. The van der Waals surface area contributed by atoms with E-state index >= 15 is 0 Å². The molecule has 1 atom stereocenters. The Bertz CT molecular complexity index is 1070. The molecule has 4 N–H and O–H groups in total. The zero-order valence-corrected chi connectivity index (χ0v) is 17.1. The number of halogens is 5. The van der Waals surface area contributed by atoms with Crippen LogP contribution in [0.5, 0.6) is 5.75 Å². The third-order valence-corrected chi connectivity index (χ3v) is 5.09. The Labute approximate surface area is 180 Å². The van der Waals surface area contributed by atoms with E-state index in [0.717, 1.165) is 24.4 Å². The minimum absolute atomic E-state index is 0.0493. The summed E-state index contributed by atoms with van der Waals surface area (Å²) in [5, 5.41) is 1.18. The Morgan fingerprint density at radius 1 is 1.31 bits per heavy atom. The topological polar surface area (TPSA) is 97.7 Å². The van der Waals surface area contributed by atoms with Crippen molar-refractivity contribution in [2.24, 2.45) is 11.6 Å². The zero-order valence-electron chi connectivity index (χ0n) is 17.1. The minimum Gasteiger partial charge on any atom is -0.403 e. The second-order valence-electron chi connectivity index (χ2n) is 7.15. The number of carbonyl (C=O) groups excluding carboxylic acids is 1. The van der Waals surface area contributed by atoms with Crippen molar-refractivity contribution in [3.8, 4) is 5.75 Å². The SMILES string of the molecule is Cc1cc(N(N)C2=C(N)C(C)N(C(=O)c3cccc(OC(F)(F)F)c3F)CC2)ncc1F. The van der Waals surface area contributed by atoms with Gasteiger partial charge < -0.3 is 15.4 Å². The molecule has 0 saturated heterocycles. The summed E-state index contributed by atoms with van der Waals surface area (Å²) in [6.45, 7) is 3.16. The molecule has 1 aliphatic heterocycles. The molecule has 2 aromatic rings. The molecule has 0 bridgehead atoms. The maximum absolute atomic E-state index is 14.5. The lowest BCUT2D eigenvalue weighted by atomic mass is 10.0. The molecule has 32 heavy (non-hydrogen) atoms. The van der Waals surface area contributed by atoms with Crippen LogP contribution in [0.2, 0.25) is 0 Å². The summed E-state index contributed by atoms with van der Waals surface area (Å²) in [6.07, 6.45) is -3.95. The highest BCUT2D eigenvalue weighted by atomic mass is 19.4. The molecule has 1 aromatic carbocycles. The van der Waals surface area contributed by atoms with Gasteiger partial charge in [-0.05, 0) is 37.6 Å². The first-order valence-corrected chi connectivity index (χ1v) is 9.41. The number of ether oxygens (including phenoxy) is 1. The summed E-state index contributed by atoms with van der Waals surface area (Å²) in [5.41, 5.74) is 6.52. The van der Waals surface area contributed by atoms with Crippen molar-refractivity contribution in [1.29, 1.82) is 0 Å². The first-order valence-electron chi connectivity index (χ1n) is 9.41. The number of pyridine rings is 1. The number of amides is 1. The van der Waals surface area contributed by atoms with Gasteiger partial charge in [-0.1, -0.05) is 6.07 Å². The predicted molar refractivity (Wildman–Crippen MR) is 105 cm³/mol. The maximum atomic E-state index is 14.5. The number of carbonyl (C=O) groups is 1. The number of hydrazine groups is 1. The fourth-order valence-electron chi connectivity index (χ4n) is 3.34. The van der Waals surface area contributed by atoms with E-state index in [1.807, 2.05) is 0 Å². The second-order valence-corrected chi connectivity index (χ2v) is 7.15. The van der Waals surface area contributed by atoms with Crippen molar-refractivity contribution in [3.63, 3.8) is 0 Å². The fraction of sp³-hybridized carbons (Fsp3) is 0.300. The van der Waals surface area contributed by atoms with Gasteiger partial charge in [0.25, 0.3) is 5.91 Å². The number of anilines is 1. The molecule has 0 spiro atoms. The van der Waals surface area contributed by atoms with E-state index in [1.54, 1.807) is 13.8 Å². The lowest BCUT2D eigenvalue weighted by Gasteiger charge is -2.37. The quantitative estimate of drug-likeness (QED) is 0.415. The van der Waals surface area contributed by atoms with Gasteiger partial charge in [0.15, 0.2) is 11.6 Å². The number of alkyl halides is 3. The van der Waals surface area contributed by atoms with Crippen LogP contribution in [0, 0.1) is 18.6 Å². The highest BCUT2D eigenvalue weighted by molar-refractivity contribution is 5.95. The Balaban J connectivity index is 1.87. The molecule has 172 valence electrons. The Morgan fingerprint density at radius 2 is 2.00 bits per heavy atom. The highest BCUT2D eigenvalue weighted by Crippen LogP contribution is 2.30. The molecule has 7 nitrogen and oxygen atoms in total. The third-order valence-electron chi connectivity index (χ3n) is 5.09. The minimum atomic E-state index is -5.11. The van der Waals surface area contributed by atoms with Crippen molar-refractivity contribution < 1.29 is 31.5 Å². The number of nitrogens with zero attached hydrogens (tertiary/aromatic N) is 3. The number of rotatable bonds is 4. The fourth-order valence-corrected chi connectivity index (χ4v) is 3.34. The largest absolute Gasteiger partial charge is 0.573 e. The van der Waals surface area contributed by atoms with Gasteiger partial charge in [-0.2, -0.15) is 0 Å². The van der Waals surface area contributed by atoms with Gasteiger partial charge in [0, 0.05) is 13.0 Å². The zero-order chi connectivity index (χ0) is 23.8. The molecule has 0 aliphatic carbocycles. The molecule has 3 rings (SSSR count). The number of aryl methyl sites for hydroxylation is 1. The Kier molecular flexibility index (Phi) is 6.26. The van der Waals surface area contributed by atoms with Crippen LogP contribution in [0.25, 0.3) is 0 Å².